The van der Waals surface area contributed by atoms with Crippen LogP contribution in [0.15, 0.2) is 65.2 Å². The number of piperidine rings is 1. The maximum absolute atomic E-state index is 13.4. The van der Waals surface area contributed by atoms with Gasteiger partial charge in [-0.05, 0) is 49.1 Å². The Kier molecular flexibility index (Phi) is 4.83. The highest BCUT2D eigenvalue weighted by Gasteiger charge is 2.30. The van der Waals surface area contributed by atoms with Gasteiger partial charge in [0.15, 0.2) is 0 Å². The third-order valence-corrected chi connectivity index (χ3v) is 5.81. The molecule has 1 N–H and O–H groups in total. The van der Waals surface area contributed by atoms with Gasteiger partial charge in [0.25, 0.3) is 5.91 Å². The summed E-state index contributed by atoms with van der Waals surface area (Å²) < 4.78 is 19.3. The Morgan fingerprint density at radius 3 is 2.83 bits per heavy atom. The lowest BCUT2D eigenvalue weighted by atomic mass is 9.97. The molecule has 6 heteroatoms. The van der Waals surface area contributed by atoms with Crippen molar-refractivity contribution in [1.29, 1.82) is 0 Å². The highest BCUT2D eigenvalue weighted by Crippen LogP contribution is 2.29. The number of hydrogen-bond acceptors (Lipinski definition) is 3. The third kappa shape index (κ3) is 3.49. The highest BCUT2D eigenvalue weighted by molar-refractivity contribution is 5.99. The average molecular weight is 403 g/mol. The maximum atomic E-state index is 13.4. The van der Waals surface area contributed by atoms with Crippen LogP contribution in [0, 0.1) is 5.82 Å². The van der Waals surface area contributed by atoms with Gasteiger partial charge in [0, 0.05) is 30.0 Å². The minimum atomic E-state index is -0.308. The summed E-state index contributed by atoms with van der Waals surface area (Å²) in [5, 5.41) is 8.03. The molecule has 2 aromatic carbocycles. The molecule has 1 fully saturated rings. The number of hydrogen-bond donors (Lipinski definition) is 1. The number of nitrogens with zero attached hydrogens (tertiary/aromatic N) is 2. The Labute approximate surface area is 173 Å². The van der Waals surface area contributed by atoms with Gasteiger partial charge in [-0.3, -0.25) is 9.89 Å². The number of likely N-dealkylation sites (tertiary alicyclic amines) is 1. The number of amides is 1. The fourth-order valence-corrected chi connectivity index (χ4v) is 4.29. The Balaban J connectivity index is 1.41. The Hall–Kier alpha value is -3.41. The number of para-hydroxylation sites is 1. The molecule has 0 radical (unpaired) electrons. The number of rotatable bonds is 4. The molecule has 1 unspecified atom stereocenters. The van der Waals surface area contributed by atoms with Crippen LogP contribution < -0.4 is 0 Å². The van der Waals surface area contributed by atoms with Crippen LogP contribution >= 0.6 is 0 Å². The fraction of sp³-hybridized carbons (Fsp3) is 0.250. The zero-order chi connectivity index (χ0) is 20.5. The van der Waals surface area contributed by atoms with Crippen molar-refractivity contribution < 1.29 is 13.6 Å². The maximum Gasteiger partial charge on any atom is 0.272 e. The molecule has 1 atom stereocenters. The van der Waals surface area contributed by atoms with Crippen LogP contribution in [0.3, 0.4) is 0 Å². The lowest BCUT2D eigenvalue weighted by Gasteiger charge is -2.35. The lowest BCUT2D eigenvalue weighted by molar-refractivity contribution is 0.0602. The minimum Gasteiger partial charge on any atom is -0.461 e. The number of aromatic amines is 1. The van der Waals surface area contributed by atoms with Crippen LogP contribution in [0.4, 0.5) is 4.39 Å². The van der Waals surface area contributed by atoms with E-state index in [0.29, 0.717) is 24.2 Å². The standard InChI is InChI=1S/C24H22FN3O2/c25-18-10-8-16(9-11-18)21-15-26-27-23(21)24(29)28-12-4-3-6-19(28)14-20-13-17-5-1-2-7-22(17)30-20/h1-2,5,7-11,13,15,19H,3-4,6,12,14H2,(H,26,27). The molecule has 1 aliphatic rings. The van der Waals surface area contributed by atoms with Crippen LogP contribution in [0.25, 0.3) is 22.1 Å². The van der Waals surface area contributed by atoms with Gasteiger partial charge < -0.3 is 9.32 Å². The van der Waals surface area contributed by atoms with E-state index in [4.69, 9.17) is 4.42 Å². The molecule has 152 valence electrons. The van der Waals surface area contributed by atoms with E-state index in [9.17, 15) is 9.18 Å². The lowest BCUT2D eigenvalue weighted by Crippen LogP contribution is -2.45. The quantitative estimate of drug-likeness (QED) is 0.509. The van der Waals surface area contributed by atoms with Gasteiger partial charge in [-0.1, -0.05) is 30.3 Å². The van der Waals surface area contributed by atoms with Crippen molar-refractivity contribution in [3.8, 4) is 11.1 Å². The van der Waals surface area contributed by atoms with Crippen LogP contribution in [-0.2, 0) is 6.42 Å². The van der Waals surface area contributed by atoms with Gasteiger partial charge in [-0.25, -0.2) is 4.39 Å². The third-order valence-electron chi connectivity index (χ3n) is 5.81. The largest absolute Gasteiger partial charge is 0.461 e. The van der Waals surface area contributed by atoms with Gasteiger partial charge >= 0.3 is 0 Å². The van der Waals surface area contributed by atoms with Gasteiger partial charge in [0.1, 0.15) is 22.9 Å². The van der Waals surface area contributed by atoms with Crippen LogP contribution in [-0.4, -0.2) is 33.6 Å². The first-order chi connectivity index (χ1) is 14.7. The van der Waals surface area contributed by atoms with Crippen LogP contribution in [0.2, 0.25) is 0 Å². The summed E-state index contributed by atoms with van der Waals surface area (Å²) >= 11 is 0. The van der Waals surface area contributed by atoms with Crippen molar-refractivity contribution in [1.82, 2.24) is 15.1 Å². The summed E-state index contributed by atoms with van der Waals surface area (Å²) in [7, 11) is 0. The summed E-state index contributed by atoms with van der Waals surface area (Å²) in [6, 6.07) is 16.2. The number of benzene rings is 2. The number of carbonyl (C=O) groups is 1. The summed E-state index contributed by atoms with van der Waals surface area (Å²) in [5.41, 5.74) is 2.76. The molecular weight excluding hydrogens is 381 g/mol. The van der Waals surface area contributed by atoms with E-state index in [1.54, 1.807) is 18.3 Å². The first-order valence-corrected chi connectivity index (χ1v) is 10.3. The fourth-order valence-electron chi connectivity index (χ4n) is 4.29. The Bertz CT molecular complexity index is 1150. The number of halogens is 1. The summed E-state index contributed by atoms with van der Waals surface area (Å²) in [6.45, 7) is 0.700. The molecule has 3 heterocycles. The normalized spacial score (nSPS) is 16.8. The molecule has 5 nitrogen and oxygen atoms in total. The topological polar surface area (TPSA) is 62.1 Å². The monoisotopic (exact) mass is 403 g/mol. The molecule has 2 aromatic heterocycles. The predicted octanol–water partition coefficient (Wildman–Crippen LogP) is 5.20. The zero-order valence-electron chi connectivity index (χ0n) is 16.5. The van der Waals surface area contributed by atoms with Gasteiger partial charge in [0.2, 0.25) is 0 Å². The molecule has 0 bridgehead atoms. The Morgan fingerprint density at radius 1 is 1.17 bits per heavy atom. The van der Waals surface area contributed by atoms with Crippen molar-refractivity contribution in [2.45, 2.75) is 31.7 Å². The number of nitrogens with one attached hydrogen (secondary N) is 1. The highest BCUT2D eigenvalue weighted by atomic mass is 19.1. The second-order valence-corrected chi connectivity index (χ2v) is 7.77. The second-order valence-electron chi connectivity index (χ2n) is 7.77. The van der Waals surface area contributed by atoms with E-state index in [2.05, 4.69) is 16.3 Å². The van der Waals surface area contributed by atoms with E-state index < -0.39 is 0 Å². The van der Waals surface area contributed by atoms with Gasteiger partial charge in [-0.15, -0.1) is 0 Å². The minimum absolute atomic E-state index is 0.0659. The Morgan fingerprint density at radius 2 is 2.00 bits per heavy atom. The molecule has 1 amide bonds. The van der Waals surface area contributed by atoms with E-state index in [1.165, 1.54) is 12.1 Å². The van der Waals surface area contributed by atoms with Gasteiger partial charge in [0.05, 0.1) is 6.20 Å². The number of fused-ring (bicyclic) bond motifs is 1. The number of aromatic nitrogens is 2. The zero-order valence-corrected chi connectivity index (χ0v) is 16.5. The van der Waals surface area contributed by atoms with E-state index in [-0.39, 0.29) is 17.8 Å². The molecule has 0 saturated carbocycles. The van der Waals surface area contributed by atoms with Gasteiger partial charge in [-0.2, -0.15) is 5.10 Å². The van der Waals surface area contributed by atoms with Crippen molar-refractivity contribution >= 4 is 16.9 Å². The van der Waals surface area contributed by atoms with Crippen molar-refractivity contribution in [2.75, 3.05) is 6.54 Å². The summed E-state index contributed by atoms with van der Waals surface area (Å²) in [4.78, 5) is 15.4. The molecule has 0 aliphatic carbocycles. The first-order valence-electron chi connectivity index (χ1n) is 10.3. The average Bonchev–Trinajstić information content (AvgIpc) is 3.41. The molecule has 5 rings (SSSR count). The van der Waals surface area contributed by atoms with E-state index >= 15 is 0 Å². The van der Waals surface area contributed by atoms with E-state index in [0.717, 1.165) is 41.6 Å². The molecule has 0 spiro atoms. The van der Waals surface area contributed by atoms with Crippen molar-refractivity contribution in [2.24, 2.45) is 0 Å². The van der Waals surface area contributed by atoms with Crippen molar-refractivity contribution in [3.05, 3.63) is 78.1 Å². The van der Waals surface area contributed by atoms with E-state index in [1.807, 2.05) is 29.2 Å². The molecule has 30 heavy (non-hydrogen) atoms. The number of furan rings is 1. The van der Waals surface area contributed by atoms with Crippen LogP contribution in [0.1, 0.15) is 35.5 Å². The molecule has 1 aliphatic heterocycles. The SMILES string of the molecule is O=C(c1[nH]ncc1-c1ccc(F)cc1)N1CCCCC1Cc1cc2ccccc2o1. The first kappa shape index (κ1) is 18.6. The second kappa shape index (κ2) is 7.78. The number of carbonyl (C=O) groups excluding carboxylic acids is 1. The number of H-pyrrole nitrogens is 1. The smallest absolute Gasteiger partial charge is 0.272 e. The molecule has 1 saturated heterocycles. The molecule has 4 aromatic rings. The predicted molar refractivity (Wildman–Crippen MR) is 113 cm³/mol. The van der Waals surface area contributed by atoms with Crippen LogP contribution in [0.5, 0.6) is 0 Å². The van der Waals surface area contributed by atoms with Crippen molar-refractivity contribution in [3.63, 3.8) is 0 Å². The summed E-state index contributed by atoms with van der Waals surface area (Å²) in [5.74, 6) is 0.508. The summed E-state index contributed by atoms with van der Waals surface area (Å²) in [6.07, 6.45) is 5.30. The molecular formula is C24H22FN3O2.